The number of sulfonamides is 1. The molecule has 0 spiro atoms. The minimum Gasteiger partial charge on any atom is -0.490 e. The maximum Gasteiger partial charge on any atom is 0.320 e. The Morgan fingerprint density at radius 2 is 1.70 bits per heavy atom. The number of esters is 1. The molecule has 0 N–H and O–H groups in total. The second kappa shape index (κ2) is 9.00. The summed E-state index contributed by atoms with van der Waals surface area (Å²) in [5.41, 5.74) is 0. The molecule has 27 heavy (non-hydrogen) atoms. The Labute approximate surface area is 159 Å². The molecule has 0 aromatic heterocycles. The predicted molar refractivity (Wildman–Crippen MR) is 98.9 cm³/mol. The molecule has 9 nitrogen and oxygen atoms in total. The maximum atomic E-state index is 12.0. The number of ether oxygens (including phenoxy) is 2. The van der Waals surface area contributed by atoms with Gasteiger partial charge in [0, 0.05) is 27.2 Å². The molecule has 1 aromatic rings. The van der Waals surface area contributed by atoms with Crippen molar-refractivity contribution in [3.05, 3.63) is 24.3 Å². The van der Waals surface area contributed by atoms with E-state index in [0.29, 0.717) is 18.8 Å². The summed E-state index contributed by atoms with van der Waals surface area (Å²) in [5.74, 6) is 0.140. The molecule has 0 radical (unpaired) electrons. The summed E-state index contributed by atoms with van der Waals surface area (Å²) in [4.78, 5) is 13.7. The number of carbonyl (C=O) groups is 1. The van der Waals surface area contributed by atoms with Crippen molar-refractivity contribution in [2.24, 2.45) is 0 Å². The van der Waals surface area contributed by atoms with Gasteiger partial charge < -0.3 is 9.47 Å². The van der Waals surface area contributed by atoms with Crippen LogP contribution in [0.3, 0.4) is 0 Å². The van der Waals surface area contributed by atoms with E-state index >= 15 is 0 Å². The monoisotopic (exact) mass is 420 g/mol. The van der Waals surface area contributed by atoms with Gasteiger partial charge in [-0.2, -0.15) is 0 Å². The third-order valence-corrected chi connectivity index (χ3v) is 7.45. The first-order valence-electron chi connectivity index (χ1n) is 8.34. The van der Waals surface area contributed by atoms with Crippen molar-refractivity contribution in [2.75, 3.05) is 58.4 Å². The Balaban J connectivity index is 1.70. The highest BCUT2D eigenvalue weighted by molar-refractivity contribution is 7.91. The van der Waals surface area contributed by atoms with Crippen LogP contribution >= 0.6 is 0 Å². The molecule has 1 aliphatic heterocycles. The fourth-order valence-corrected chi connectivity index (χ4v) is 4.55. The highest BCUT2D eigenvalue weighted by Gasteiger charge is 2.23. The van der Waals surface area contributed by atoms with E-state index in [9.17, 15) is 21.6 Å². The first-order chi connectivity index (χ1) is 12.6. The number of nitrogens with zero attached hydrogens (tertiary/aromatic N) is 2. The Bertz CT molecular complexity index is 835. The zero-order chi connectivity index (χ0) is 20.1. The molecule has 1 fully saturated rings. The van der Waals surface area contributed by atoms with Crippen LogP contribution in [0, 0.1) is 0 Å². The van der Waals surface area contributed by atoms with Gasteiger partial charge in [-0.05, 0) is 24.3 Å². The number of hydrogen-bond donors (Lipinski definition) is 0. The van der Waals surface area contributed by atoms with E-state index in [1.807, 2.05) is 0 Å². The van der Waals surface area contributed by atoms with Crippen LogP contribution in [0.15, 0.2) is 29.2 Å². The van der Waals surface area contributed by atoms with Gasteiger partial charge in [0.2, 0.25) is 10.0 Å². The van der Waals surface area contributed by atoms with Crippen molar-refractivity contribution in [3.8, 4) is 5.75 Å². The standard InChI is InChI=1S/C16H24N2O7S2/c1-17(2)27(22,23)15-5-3-14(4-6-15)24-9-10-25-16(19)13-18-7-11-26(20,21)12-8-18/h3-6H,7-13H2,1-2H3. The molecule has 152 valence electrons. The molecule has 0 unspecified atom stereocenters. The summed E-state index contributed by atoms with van der Waals surface area (Å²) in [7, 11) is -3.55. The van der Waals surface area contributed by atoms with Crippen LogP contribution in [0.2, 0.25) is 0 Å². The zero-order valence-corrected chi connectivity index (χ0v) is 17.0. The van der Waals surface area contributed by atoms with Crippen molar-refractivity contribution in [2.45, 2.75) is 4.90 Å². The first-order valence-corrected chi connectivity index (χ1v) is 11.6. The fraction of sp³-hybridized carbons (Fsp3) is 0.562. The maximum absolute atomic E-state index is 12.0. The van der Waals surface area contributed by atoms with Crippen molar-refractivity contribution in [1.82, 2.24) is 9.21 Å². The van der Waals surface area contributed by atoms with Crippen LogP contribution in [0.25, 0.3) is 0 Å². The van der Waals surface area contributed by atoms with Gasteiger partial charge in [-0.15, -0.1) is 0 Å². The molecular formula is C16H24N2O7S2. The molecule has 1 saturated heterocycles. The van der Waals surface area contributed by atoms with Crippen LogP contribution in [0.1, 0.15) is 0 Å². The normalized spacial score (nSPS) is 17.6. The van der Waals surface area contributed by atoms with E-state index < -0.39 is 25.8 Å². The van der Waals surface area contributed by atoms with Gasteiger partial charge >= 0.3 is 5.97 Å². The second-order valence-corrected chi connectivity index (χ2v) is 10.7. The topological polar surface area (TPSA) is 110 Å². The van der Waals surface area contributed by atoms with E-state index in [2.05, 4.69) is 0 Å². The molecule has 1 heterocycles. The highest BCUT2D eigenvalue weighted by Crippen LogP contribution is 2.18. The number of hydrogen-bond acceptors (Lipinski definition) is 8. The fourth-order valence-electron chi connectivity index (χ4n) is 2.37. The van der Waals surface area contributed by atoms with E-state index in [0.717, 1.165) is 4.31 Å². The lowest BCUT2D eigenvalue weighted by atomic mass is 10.3. The Kier molecular flexibility index (Phi) is 7.20. The summed E-state index contributed by atoms with van der Waals surface area (Å²) < 4.78 is 58.2. The molecule has 2 rings (SSSR count). The Morgan fingerprint density at radius 1 is 1.11 bits per heavy atom. The van der Waals surface area contributed by atoms with Gasteiger partial charge in [0.15, 0.2) is 9.84 Å². The van der Waals surface area contributed by atoms with Gasteiger partial charge in [0.05, 0.1) is 22.9 Å². The van der Waals surface area contributed by atoms with Crippen LogP contribution in [0.5, 0.6) is 5.75 Å². The molecule has 0 aliphatic carbocycles. The smallest absolute Gasteiger partial charge is 0.320 e. The molecule has 0 bridgehead atoms. The van der Waals surface area contributed by atoms with Crippen molar-refractivity contribution < 1.29 is 31.1 Å². The van der Waals surface area contributed by atoms with E-state index in [1.165, 1.54) is 38.4 Å². The number of benzene rings is 1. The number of sulfone groups is 1. The van der Waals surface area contributed by atoms with E-state index in [1.54, 1.807) is 4.90 Å². The largest absolute Gasteiger partial charge is 0.490 e. The van der Waals surface area contributed by atoms with E-state index in [4.69, 9.17) is 9.47 Å². The van der Waals surface area contributed by atoms with Crippen molar-refractivity contribution >= 4 is 25.8 Å². The first kappa shape index (κ1) is 21.6. The molecular weight excluding hydrogens is 396 g/mol. The molecule has 1 aliphatic rings. The molecule has 11 heteroatoms. The lowest BCUT2D eigenvalue weighted by Crippen LogP contribution is -2.43. The van der Waals surface area contributed by atoms with Gasteiger partial charge in [0.25, 0.3) is 0 Å². The summed E-state index contributed by atoms with van der Waals surface area (Å²) in [6.45, 7) is 0.876. The third-order valence-electron chi connectivity index (χ3n) is 4.01. The van der Waals surface area contributed by atoms with Gasteiger partial charge in [0.1, 0.15) is 19.0 Å². The molecule has 0 amide bonds. The number of carbonyl (C=O) groups excluding carboxylic acids is 1. The van der Waals surface area contributed by atoms with Gasteiger partial charge in [-0.25, -0.2) is 21.1 Å². The predicted octanol–water partition coefficient (Wildman–Crippen LogP) is -0.411. The minimum absolute atomic E-state index is 0.0444. The van der Waals surface area contributed by atoms with Gasteiger partial charge in [-0.1, -0.05) is 0 Å². The molecule has 0 atom stereocenters. The third kappa shape index (κ3) is 6.45. The lowest BCUT2D eigenvalue weighted by molar-refractivity contribution is -0.145. The second-order valence-electron chi connectivity index (χ2n) is 6.26. The average Bonchev–Trinajstić information content (AvgIpc) is 2.61. The molecule has 1 aromatic carbocycles. The van der Waals surface area contributed by atoms with Crippen LogP contribution in [-0.2, 0) is 29.4 Å². The van der Waals surface area contributed by atoms with Crippen LogP contribution in [0.4, 0.5) is 0 Å². The minimum atomic E-state index is -3.49. The average molecular weight is 421 g/mol. The quantitative estimate of drug-likeness (QED) is 0.412. The van der Waals surface area contributed by atoms with Crippen molar-refractivity contribution in [3.63, 3.8) is 0 Å². The molecule has 0 saturated carbocycles. The summed E-state index contributed by atoms with van der Waals surface area (Å²) in [6, 6.07) is 5.96. The Hall–Kier alpha value is -1.69. The van der Waals surface area contributed by atoms with Gasteiger partial charge in [-0.3, -0.25) is 9.69 Å². The lowest BCUT2D eigenvalue weighted by Gasteiger charge is -2.25. The summed E-state index contributed by atoms with van der Waals surface area (Å²) in [6.07, 6.45) is 0. The highest BCUT2D eigenvalue weighted by atomic mass is 32.2. The number of rotatable bonds is 8. The van der Waals surface area contributed by atoms with Crippen LogP contribution in [-0.4, -0.2) is 90.5 Å². The SMILES string of the molecule is CN(C)S(=O)(=O)c1ccc(OCCOC(=O)CN2CCS(=O)(=O)CC2)cc1. The zero-order valence-electron chi connectivity index (χ0n) is 15.3. The summed E-state index contributed by atoms with van der Waals surface area (Å²) >= 11 is 0. The van der Waals surface area contributed by atoms with Crippen LogP contribution < -0.4 is 4.74 Å². The summed E-state index contributed by atoms with van der Waals surface area (Å²) in [5, 5.41) is 0. The van der Waals surface area contributed by atoms with E-state index in [-0.39, 0.29) is 36.2 Å². The van der Waals surface area contributed by atoms with Crippen molar-refractivity contribution in [1.29, 1.82) is 0 Å². The Morgan fingerprint density at radius 3 is 2.26 bits per heavy atom.